The molecule has 0 aliphatic rings. The number of carbonyl (C=O) groups excluding carboxylic acids is 1. The normalized spacial score (nSPS) is 10.8. The Morgan fingerprint density at radius 2 is 2.14 bits per heavy atom. The highest BCUT2D eigenvalue weighted by atomic mass is 35.5. The van der Waals surface area contributed by atoms with E-state index < -0.39 is 5.24 Å². The number of nitrogens with one attached hydrogen (secondary N) is 1. The molecule has 1 heterocycles. The third kappa shape index (κ3) is 1.41. The number of hydrogen-bond acceptors (Lipinski definition) is 1. The lowest BCUT2D eigenvalue weighted by atomic mass is 10.1. The predicted molar refractivity (Wildman–Crippen MR) is 58.2 cm³/mol. The summed E-state index contributed by atoms with van der Waals surface area (Å²) < 4.78 is 0. The average Bonchev–Trinajstić information content (AvgIpc) is 2.44. The van der Waals surface area contributed by atoms with Crippen LogP contribution in [0.2, 0.25) is 5.02 Å². The van der Waals surface area contributed by atoms with Gasteiger partial charge in [-0.3, -0.25) is 4.79 Å². The second-order valence-electron chi connectivity index (χ2n) is 3.09. The van der Waals surface area contributed by atoms with Crippen LogP contribution in [0.25, 0.3) is 10.9 Å². The van der Waals surface area contributed by atoms with Crippen molar-refractivity contribution in [2.45, 2.75) is 6.92 Å². The van der Waals surface area contributed by atoms with E-state index >= 15 is 0 Å². The van der Waals surface area contributed by atoms with Gasteiger partial charge in [0, 0.05) is 15.9 Å². The molecule has 2 nitrogen and oxygen atoms in total. The van der Waals surface area contributed by atoms with Gasteiger partial charge in [0.05, 0.1) is 0 Å². The lowest BCUT2D eigenvalue weighted by Gasteiger charge is -1.92. The first-order chi connectivity index (χ1) is 6.59. The van der Waals surface area contributed by atoms with Gasteiger partial charge < -0.3 is 4.98 Å². The minimum absolute atomic E-state index is 0.434. The molecule has 0 radical (unpaired) electrons. The van der Waals surface area contributed by atoms with Gasteiger partial charge in [0.25, 0.3) is 5.24 Å². The van der Waals surface area contributed by atoms with Crippen LogP contribution in [0.15, 0.2) is 18.2 Å². The second-order valence-corrected chi connectivity index (χ2v) is 3.87. The molecular weight excluding hydrogens is 221 g/mol. The Morgan fingerprint density at radius 3 is 2.79 bits per heavy atom. The molecule has 0 spiro atoms. The lowest BCUT2D eigenvalue weighted by Crippen LogP contribution is -1.90. The van der Waals surface area contributed by atoms with Gasteiger partial charge in [0.15, 0.2) is 0 Å². The summed E-state index contributed by atoms with van der Waals surface area (Å²) in [6.07, 6.45) is 0. The fraction of sp³-hybridized carbons (Fsp3) is 0.100. The van der Waals surface area contributed by atoms with Crippen LogP contribution in [0.1, 0.15) is 16.1 Å². The van der Waals surface area contributed by atoms with Crippen LogP contribution in [0.3, 0.4) is 0 Å². The van der Waals surface area contributed by atoms with Gasteiger partial charge in [-0.05, 0) is 42.3 Å². The predicted octanol–water partition coefficient (Wildman–Crippen LogP) is 3.51. The van der Waals surface area contributed by atoms with Crippen LogP contribution in [-0.4, -0.2) is 10.2 Å². The van der Waals surface area contributed by atoms with Gasteiger partial charge in [-0.25, -0.2) is 0 Å². The van der Waals surface area contributed by atoms with Crippen molar-refractivity contribution in [3.63, 3.8) is 0 Å². The molecule has 1 N–H and O–H groups in total. The smallest absolute Gasteiger partial charge is 0.268 e. The average molecular weight is 228 g/mol. The number of hydrogen-bond donors (Lipinski definition) is 1. The molecule has 4 heteroatoms. The van der Waals surface area contributed by atoms with E-state index in [9.17, 15) is 4.79 Å². The maximum atomic E-state index is 11.0. The molecule has 0 aliphatic heterocycles. The summed E-state index contributed by atoms with van der Waals surface area (Å²) in [6.45, 7) is 1.84. The Labute approximate surface area is 90.8 Å². The van der Waals surface area contributed by atoms with Gasteiger partial charge in [-0.1, -0.05) is 11.6 Å². The number of aryl methyl sites for hydroxylation is 1. The highest BCUT2D eigenvalue weighted by Gasteiger charge is 2.12. The number of halogens is 2. The maximum absolute atomic E-state index is 11.0. The quantitative estimate of drug-likeness (QED) is 0.744. The molecule has 14 heavy (non-hydrogen) atoms. The maximum Gasteiger partial charge on any atom is 0.268 e. The Morgan fingerprint density at radius 1 is 1.43 bits per heavy atom. The van der Waals surface area contributed by atoms with E-state index in [-0.39, 0.29) is 0 Å². The monoisotopic (exact) mass is 227 g/mol. The zero-order chi connectivity index (χ0) is 10.3. The number of carbonyl (C=O) groups is 1. The molecule has 2 rings (SSSR count). The summed E-state index contributed by atoms with van der Waals surface area (Å²) in [5.74, 6) is 0. The van der Waals surface area contributed by atoms with Crippen LogP contribution in [-0.2, 0) is 0 Å². The molecule has 0 fully saturated rings. The molecule has 1 aromatic carbocycles. The minimum Gasteiger partial charge on any atom is -0.351 e. The van der Waals surface area contributed by atoms with Crippen LogP contribution in [0, 0.1) is 6.92 Å². The summed E-state index contributed by atoms with van der Waals surface area (Å²) in [7, 11) is 0. The zero-order valence-electron chi connectivity index (χ0n) is 7.40. The summed E-state index contributed by atoms with van der Waals surface area (Å²) in [5, 5.41) is 1.10. The highest BCUT2D eigenvalue weighted by molar-refractivity contribution is 6.67. The van der Waals surface area contributed by atoms with E-state index in [0.29, 0.717) is 10.7 Å². The molecular formula is C10H7Cl2NO. The van der Waals surface area contributed by atoms with Crippen molar-refractivity contribution in [3.05, 3.63) is 34.5 Å². The first kappa shape index (κ1) is 9.56. The highest BCUT2D eigenvalue weighted by Crippen LogP contribution is 2.25. The number of H-pyrrole nitrogens is 1. The third-order valence-corrected chi connectivity index (χ3v) is 2.64. The summed E-state index contributed by atoms with van der Waals surface area (Å²) in [5.41, 5.74) is 2.14. The largest absolute Gasteiger partial charge is 0.351 e. The summed E-state index contributed by atoms with van der Waals surface area (Å²) in [6, 6.07) is 5.41. The topological polar surface area (TPSA) is 32.9 Å². The Bertz CT molecular complexity index is 516. The van der Waals surface area contributed by atoms with Gasteiger partial charge in [0.1, 0.15) is 5.69 Å². The summed E-state index contributed by atoms with van der Waals surface area (Å²) in [4.78, 5) is 14.0. The van der Waals surface area contributed by atoms with E-state index in [2.05, 4.69) is 4.98 Å². The Balaban J connectivity index is 2.80. The van der Waals surface area contributed by atoms with Crippen LogP contribution >= 0.6 is 23.2 Å². The fourth-order valence-corrected chi connectivity index (χ4v) is 1.86. The fourth-order valence-electron chi connectivity index (χ4n) is 1.50. The molecule has 0 aliphatic carbocycles. The van der Waals surface area contributed by atoms with Gasteiger partial charge in [-0.15, -0.1) is 0 Å². The van der Waals surface area contributed by atoms with E-state index in [0.717, 1.165) is 16.5 Å². The number of fused-ring (bicyclic) bond motifs is 1. The van der Waals surface area contributed by atoms with Crippen molar-refractivity contribution in [1.82, 2.24) is 4.98 Å². The van der Waals surface area contributed by atoms with Crippen molar-refractivity contribution in [3.8, 4) is 0 Å². The van der Waals surface area contributed by atoms with Crippen molar-refractivity contribution in [2.75, 3.05) is 0 Å². The SMILES string of the molecule is Cc1c(C(=O)Cl)[nH]c2ccc(Cl)cc12. The minimum atomic E-state index is -0.477. The molecule has 1 aromatic heterocycles. The second kappa shape index (κ2) is 3.30. The number of aromatic amines is 1. The third-order valence-electron chi connectivity index (χ3n) is 2.22. The van der Waals surface area contributed by atoms with Crippen LogP contribution < -0.4 is 0 Å². The van der Waals surface area contributed by atoms with E-state index in [1.165, 1.54) is 0 Å². The van der Waals surface area contributed by atoms with E-state index in [4.69, 9.17) is 23.2 Å². The Hall–Kier alpha value is -0.990. The van der Waals surface area contributed by atoms with Crippen LogP contribution in [0.5, 0.6) is 0 Å². The summed E-state index contributed by atoms with van der Waals surface area (Å²) >= 11 is 11.3. The molecule has 0 unspecified atom stereocenters. The first-order valence-corrected chi connectivity index (χ1v) is 4.83. The molecule has 0 atom stereocenters. The van der Waals surface area contributed by atoms with Crippen molar-refractivity contribution >= 4 is 39.3 Å². The molecule has 72 valence electrons. The lowest BCUT2D eigenvalue weighted by molar-refractivity contribution is 0.107. The van der Waals surface area contributed by atoms with Crippen molar-refractivity contribution in [1.29, 1.82) is 0 Å². The number of rotatable bonds is 1. The van der Waals surface area contributed by atoms with E-state index in [1.54, 1.807) is 6.07 Å². The van der Waals surface area contributed by atoms with Crippen molar-refractivity contribution in [2.24, 2.45) is 0 Å². The Kier molecular flexibility index (Phi) is 2.25. The van der Waals surface area contributed by atoms with E-state index in [1.807, 2.05) is 19.1 Å². The molecule has 0 amide bonds. The molecule has 0 bridgehead atoms. The molecule has 2 aromatic rings. The zero-order valence-corrected chi connectivity index (χ0v) is 8.91. The van der Waals surface area contributed by atoms with Gasteiger partial charge in [0.2, 0.25) is 0 Å². The number of benzene rings is 1. The standard InChI is InChI=1S/C10H7Cl2NO/c1-5-7-4-6(11)2-3-8(7)13-9(5)10(12)14/h2-4,13H,1H3. The van der Waals surface area contributed by atoms with Gasteiger partial charge >= 0.3 is 0 Å². The molecule has 0 saturated carbocycles. The number of aromatic nitrogens is 1. The van der Waals surface area contributed by atoms with Gasteiger partial charge in [-0.2, -0.15) is 0 Å². The first-order valence-electron chi connectivity index (χ1n) is 4.07. The molecule has 0 saturated heterocycles. The van der Waals surface area contributed by atoms with Crippen molar-refractivity contribution < 1.29 is 4.79 Å². The van der Waals surface area contributed by atoms with Crippen LogP contribution in [0.4, 0.5) is 0 Å².